The number of nitrogens with one attached hydrogen (secondary N) is 1. The minimum atomic E-state index is -0.347. The van der Waals surface area contributed by atoms with E-state index < -0.39 is 0 Å². The van der Waals surface area contributed by atoms with Crippen LogP contribution in [0, 0.1) is 5.82 Å². The van der Waals surface area contributed by atoms with Gasteiger partial charge in [0.25, 0.3) is 0 Å². The number of hydrogen-bond donors (Lipinski definition) is 1. The first-order valence-electron chi connectivity index (χ1n) is 6.05. The van der Waals surface area contributed by atoms with Gasteiger partial charge in [-0.15, -0.1) is 11.3 Å². The molecular formula is C14H11ClFN3S. The minimum absolute atomic E-state index is 0.0969. The number of halogens is 2. The number of hydrogen-bond acceptors (Lipinski definition) is 4. The Kier molecular flexibility index (Phi) is 3.54. The Morgan fingerprint density at radius 1 is 1.25 bits per heavy atom. The molecule has 0 saturated carbocycles. The van der Waals surface area contributed by atoms with Gasteiger partial charge in [0.1, 0.15) is 11.3 Å². The van der Waals surface area contributed by atoms with Crippen molar-refractivity contribution >= 4 is 38.8 Å². The molecule has 0 fully saturated rings. The molecular weight excluding hydrogens is 297 g/mol. The third kappa shape index (κ3) is 2.46. The lowest BCUT2D eigenvalue weighted by Crippen LogP contribution is -2.09. The summed E-state index contributed by atoms with van der Waals surface area (Å²) in [5.74, 6) is -0.347. The van der Waals surface area contributed by atoms with Gasteiger partial charge in [-0.3, -0.25) is 4.98 Å². The third-order valence-corrected chi connectivity index (χ3v) is 4.12. The van der Waals surface area contributed by atoms with Crippen LogP contribution in [0.15, 0.2) is 36.0 Å². The fourth-order valence-electron chi connectivity index (χ4n) is 1.98. The molecule has 0 bridgehead atoms. The standard InChI is InChI=1S/C14H11ClFN3S/c1-8(11-4-2-9(16)6-17-11)19-13-10(15)3-5-12-14(13)18-7-20-12/h2-8,19H,1H3. The van der Waals surface area contributed by atoms with Crippen LogP contribution >= 0.6 is 22.9 Å². The van der Waals surface area contributed by atoms with Crippen LogP contribution in [0.3, 0.4) is 0 Å². The zero-order chi connectivity index (χ0) is 14.1. The molecule has 0 aliphatic rings. The van der Waals surface area contributed by atoms with Crippen LogP contribution in [0.25, 0.3) is 10.2 Å². The van der Waals surface area contributed by atoms with Crippen LogP contribution in [0.1, 0.15) is 18.7 Å². The van der Waals surface area contributed by atoms with Crippen molar-refractivity contribution in [3.05, 3.63) is 52.5 Å². The predicted molar refractivity (Wildman–Crippen MR) is 80.9 cm³/mol. The van der Waals surface area contributed by atoms with E-state index in [0.717, 1.165) is 21.6 Å². The van der Waals surface area contributed by atoms with Crippen molar-refractivity contribution in [2.24, 2.45) is 0 Å². The van der Waals surface area contributed by atoms with E-state index in [1.165, 1.54) is 12.3 Å². The van der Waals surface area contributed by atoms with Crippen molar-refractivity contribution in [2.45, 2.75) is 13.0 Å². The Labute approximate surface area is 124 Å². The highest BCUT2D eigenvalue weighted by Gasteiger charge is 2.13. The molecule has 2 aromatic heterocycles. The number of thiazole rings is 1. The molecule has 1 aromatic carbocycles. The fourth-order valence-corrected chi connectivity index (χ4v) is 2.87. The molecule has 20 heavy (non-hydrogen) atoms. The van der Waals surface area contributed by atoms with Crippen LogP contribution in [0.5, 0.6) is 0 Å². The van der Waals surface area contributed by atoms with Gasteiger partial charge < -0.3 is 5.32 Å². The summed E-state index contributed by atoms with van der Waals surface area (Å²) >= 11 is 7.80. The minimum Gasteiger partial charge on any atom is -0.374 e. The second-order valence-corrected chi connectivity index (χ2v) is 5.68. The Morgan fingerprint density at radius 3 is 2.85 bits per heavy atom. The second-order valence-electron chi connectivity index (χ2n) is 4.39. The molecule has 0 radical (unpaired) electrons. The Hall–Kier alpha value is -1.72. The molecule has 3 rings (SSSR count). The maximum absolute atomic E-state index is 12.9. The molecule has 1 atom stereocenters. The van der Waals surface area contributed by atoms with Crippen LogP contribution in [-0.4, -0.2) is 9.97 Å². The van der Waals surface area contributed by atoms with Crippen molar-refractivity contribution in [1.82, 2.24) is 9.97 Å². The zero-order valence-corrected chi connectivity index (χ0v) is 12.2. The SMILES string of the molecule is CC(Nc1c(Cl)ccc2scnc12)c1ccc(F)cn1. The van der Waals surface area contributed by atoms with Gasteiger partial charge in [-0.1, -0.05) is 11.6 Å². The topological polar surface area (TPSA) is 37.8 Å². The first kappa shape index (κ1) is 13.3. The van der Waals surface area contributed by atoms with Gasteiger partial charge in [0, 0.05) is 0 Å². The van der Waals surface area contributed by atoms with E-state index in [4.69, 9.17) is 11.6 Å². The van der Waals surface area contributed by atoms with Crippen molar-refractivity contribution in [2.75, 3.05) is 5.32 Å². The van der Waals surface area contributed by atoms with E-state index in [0.29, 0.717) is 5.02 Å². The normalized spacial score (nSPS) is 12.6. The summed E-state index contributed by atoms with van der Waals surface area (Å²) in [7, 11) is 0. The van der Waals surface area contributed by atoms with Gasteiger partial charge in [-0.2, -0.15) is 0 Å². The molecule has 1 unspecified atom stereocenters. The zero-order valence-electron chi connectivity index (χ0n) is 10.6. The Morgan fingerprint density at radius 2 is 2.10 bits per heavy atom. The molecule has 102 valence electrons. The van der Waals surface area contributed by atoms with Gasteiger partial charge >= 0.3 is 0 Å². The lowest BCUT2D eigenvalue weighted by Gasteiger charge is -2.16. The smallest absolute Gasteiger partial charge is 0.141 e. The van der Waals surface area contributed by atoms with Gasteiger partial charge in [-0.05, 0) is 31.2 Å². The summed E-state index contributed by atoms with van der Waals surface area (Å²) < 4.78 is 14.0. The van der Waals surface area contributed by atoms with Crippen LogP contribution < -0.4 is 5.32 Å². The summed E-state index contributed by atoms with van der Waals surface area (Å²) in [6, 6.07) is 6.74. The lowest BCUT2D eigenvalue weighted by molar-refractivity contribution is 0.617. The van der Waals surface area contributed by atoms with Crippen molar-refractivity contribution in [1.29, 1.82) is 0 Å². The van der Waals surface area contributed by atoms with Crippen LogP contribution in [-0.2, 0) is 0 Å². The highest BCUT2D eigenvalue weighted by molar-refractivity contribution is 7.16. The quantitative estimate of drug-likeness (QED) is 0.765. The molecule has 2 heterocycles. The number of pyridine rings is 1. The van der Waals surface area contributed by atoms with E-state index >= 15 is 0 Å². The van der Waals surface area contributed by atoms with Crippen LogP contribution in [0.4, 0.5) is 10.1 Å². The van der Waals surface area contributed by atoms with Gasteiger partial charge in [0.15, 0.2) is 0 Å². The molecule has 3 aromatic rings. The van der Waals surface area contributed by atoms with E-state index in [9.17, 15) is 4.39 Å². The van der Waals surface area contributed by atoms with E-state index in [1.54, 1.807) is 22.9 Å². The van der Waals surface area contributed by atoms with Gasteiger partial charge in [0.05, 0.1) is 38.9 Å². The average Bonchev–Trinajstić information content (AvgIpc) is 2.91. The predicted octanol–water partition coefficient (Wildman–Crippen LogP) is 4.66. The molecule has 3 nitrogen and oxygen atoms in total. The van der Waals surface area contributed by atoms with Crippen LogP contribution in [0.2, 0.25) is 5.02 Å². The van der Waals surface area contributed by atoms with Crippen molar-refractivity contribution in [3.8, 4) is 0 Å². The molecule has 0 aliphatic heterocycles. The number of aromatic nitrogens is 2. The van der Waals surface area contributed by atoms with E-state index in [-0.39, 0.29) is 11.9 Å². The summed E-state index contributed by atoms with van der Waals surface area (Å²) in [4.78, 5) is 8.40. The molecule has 0 spiro atoms. The highest BCUT2D eigenvalue weighted by Crippen LogP contribution is 2.34. The number of anilines is 1. The largest absolute Gasteiger partial charge is 0.374 e. The summed E-state index contributed by atoms with van der Waals surface area (Å²) in [6.45, 7) is 1.95. The lowest BCUT2D eigenvalue weighted by atomic mass is 10.2. The van der Waals surface area contributed by atoms with E-state index in [1.807, 2.05) is 19.1 Å². The monoisotopic (exact) mass is 307 g/mol. The maximum atomic E-state index is 12.9. The number of benzene rings is 1. The van der Waals surface area contributed by atoms with Crippen molar-refractivity contribution < 1.29 is 4.39 Å². The number of rotatable bonds is 3. The molecule has 0 saturated heterocycles. The summed E-state index contributed by atoms with van der Waals surface area (Å²) in [6.07, 6.45) is 1.21. The first-order valence-corrected chi connectivity index (χ1v) is 7.30. The second kappa shape index (κ2) is 5.34. The fraction of sp³-hybridized carbons (Fsp3) is 0.143. The van der Waals surface area contributed by atoms with E-state index in [2.05, 4.69) is 15.3 Å². The summed E-state index contributed by atoms with van der Waals surface area (Å²) in [5.41, 5.74) is 4.16. The molecule has 0 amide bonds. The maximum Gasteiger partial charge on any atom is 0.141 e. The Bertz CT molecular complexity index is 742. The number of fused-ring (bicyclic) bond motifs is 1. The average molecular weight is 308 g/mol. The third-order valence-electron chi connectivity index (χ3n) is 3.01. The molecule has 0 aliphatic carbocycles. The molecule has 1 N–H and O–H groups in total. The molecule has 6 heteroatoms. The highest BCUT2D eigenvalue weighted by atomic mass is 35.5. The summed E-state index contributed by atoms with van der Waals surface area (Å²) in [5, 5.41) is 3.91. The van der Waals surface area contributed by atoms with Gasteiger partial charge in [-0.25, -0.2) is 9.37 Å². The van der Waals surface area contributed by atoms with Crippen molar-refractivity contribution in [3.63, 3.8) is 0 Å². The van der Waals surface area contributed by atoms with Gasteiger partial charge in [0.2, 0.25) is 0 Å². The Balaban J connectivity index is 1.94. The number of nitrogens with zero attached hydrogens (tertiary/aromatic N) is 2. The first-order chi connectivity index (χ1) is 9.65.